The number of aliphatic hydroxyl groups excluding tert-OH is 3. The van der Waals surface area contributed by atoms with Crippen LogP contribution in [0.5, 0.6) is 0 Å². The van der Waals surface area contributed by atoms with E-state index in [1.807, 2.05) is 0 Å². The molecule has 0 aromatic carbocycles. The number of nitrogens with zero attached hydrogens (tertiary/aromatic N) is 1. The van der Waals surface area contributed by atoms with E-state index < -0.39 is 18.3 Å². The van der Waals surface area contributed by atoms with Crippen LogP contribution in [0.25, 0.3) is 0 Å². The number of hydrogen-bond acceptors (Lipinski definition) is 4. The fraction of sp³-hybridized carbons (Fsp3) is 0.800. The molecule has 0 spiro atoms. The molecule has 0 heterocycles. The topological polar surface area (TPSA) is 81.0 Å². The maximum atomic E-state index is 12.5. The molecule has 3 atom stereocenters. The summed E-state index contributed by atoms with van der Waals surface area (Å²) in [4.78, 5) is 14.2. The summed E-state index contributed by atoms with van der Waals surface area (Å²) in [6, 6.07) is 0. The highest BCUT2D eigenvalue weighted by Crippen LogP contribution is 2.21. The first-order chi connectivity index (χ1) is 9.51. The van der Waals surface area contributed by atoms with Gasteiger partial charge >= 0.3 is 0 Å². The van der Waals surface area contributed by atoms with Gasteiger partial charge in [0.2, 0.25) is 5.91 Å². The van der Waals surface area contributed by atoms with Crippen molar-refractivity contribution >= 4 is 5.91 Å². The zero-order chi connectivity index (χ0) is 15.1. The molecule has 0 aromatic rings. The van der Waals surface area contributed by atoms with Gasteiger partial charge < -0.3 is 20.2 Å². The molecule has 0 saturated heterocycles. The molecule has 5 nitrogen and oxygen atoms in total. The minimum atomic E-state index is -1.20. The molecule has 0 unspecified atom stereocenters. The van der Waals surface area contributed by atoms with Gasteiger partial charge in [-0.05, 0) is 18.9 Å². The maximum Gasteiger partial charge on any atom is 0.249 e. The molecule has 5 heteroatoms. The summed E-state index contributed by atoms with van der Waals surface area (Å²) < 4.78 is 0. The van der Waals surface area contributed by atoms with Crippen molar-refractivity contribution in [3.8, 4) is 0 Å². The number of amides is 1. The lowest BCUT2D eigenvalue weighted by molar-refractivity contribution is -0.128. The molecular formula is C15H27NO4. The minimum Gasteiger partial charge on any atom is -0.390 e. The van der Waals surface area contributed by atoms with Crippen molar-refractivity contribution in [2.24, 2.45) is 0 Å². The van der Waals surface area contributed by atoms with Crippen LogP contribution in [-0.4, -0.2) is 57.5 Å². The molecule has 0 aromatic heterocycles. The van der Waals surface area contributed by atoms with Crippen LogP contribution < -0.4 is 0 Å². The summed E-state index contributed by atoms with van der Waals surface area (Å²) in [5.41, 5.74) is 0.405. The van der Waals surface area contributed by atoms with E-state index in [4.69, 9.17) is 0 Å². The van der Waals surface area contributed by atoms with Gasteiger partial charge in [0, 0.05) is 25.1 Å². The van der Waals surface area contributed by atoms with Gasteiger partial charge in [0.05, 0.1) is 6.10 Å². The summed E-state index contributed by atoms with van der Waals surface area (Å²) in [7, 11) is 0. The van der Waals surface area contributed by atoms with Gasteiger partial charge in [-0.25, -0.2) is 0 Å². The minimum absolute atomic E-state index is 0.103. The highest BCUT2D eigenvalue weighted by molar-refractivity contribution is 5.93. The number of hydrogen-bond donors (Lipinski definition) is 3. The van der Waals surface area contributed by atoms with E-state index in [0.717, 1.165) is 25.7 Å². The van der Waals surface area contributed by atoms with Crippen LogP contribution in [0.3, 0.4) is 0 Å². The van der Waals surface area contributed by atoms with Crippen molar-refractivity contribution in [2.45, 2.75) is 64.3 Å². The van der Waals surface area contributed by atoms with Crippen LogP contribution in [0.2, 0.25) is 0 Å². The van der Waals surface area contributed by atoms with Gasteiger partial charge in [0.15, 0.2) is 0 Å². The third-order valence-corrected chi connectivity index (χ3v) is 3.67. The Kier molecular flexibility index (Phi) is 7.19. The molecule has 0 bridgehead atoms. The molecule has 3 N–H and O–H groups in total. The zero-order valence-corrected chi connectivity index (χ0v) is 12.5. The monoisotopic (exact) mass is 285 g/mol. The summed E-state index contributed by atoms with van der Waals surface area (Å²) in [6.45, 7) is 5.54. The molecule has 1 rings (SSSR count). The largest absolute Gasteiger partial charge is 0.390 e. The molecule has 20 heavy (non-hydrogen) atoms. The number of rotatable bonds is 7. The second-order valence-electron chi connectivity index (χ2n) is 5.44. The predicted molar refractivity (Wildman–Crippen MR) is 77.1 cm³/mol. The summed E-state index contributed by atoms with van der Waals surface area (Å²) in [5.74, 6) is -0.128. The molecule has 116 valence electrons. The van der Waals surface area contributed by atoms with Crippen molar-refractivity contribution in [3.05, 3.63) is 11.6 Å². The Hall–Kier alpha value is -0.910. The SMILES string of the molecule is CCCCN(CCCC)C(=O)C1=C[C@@H](O)[C@@H](O)[C@H](O)C1. The van der Waals surface area contributed by atoms with Crippen LogP contribution in [0, 0.1) is 0 Å². The third-order valence-electron chi connectivity index (χ3n) is 3.67. The lowest BCUT2D eigenvalue weighted by Gasteiger charge is -2.30. The fourth-order valence-electron chi connectivity index (χ4n) is 2.32. The van der Waals surface area contributed by atoms with E-state index >= 15 is 0 Å². The zero-order valence-electron chi connectivity index (χ0n) is 12.5. The number of carbonyl (C=O) groups is 1. The van der Waals surface area contributed by atoms with Crippen molar-refractivity contribution < 1.29 is 20.1 Å². The predicted octanol–water partition coefficient (Wildman–Crippen LogP) is 0.828. The molecule has 1 amide bonds. The first-order valence-electron chi connectivity index (χ1n) is 7.55. The first-order valence-corrected chi connectivity index (χ1v) is 7.55. The molecule has 1 aliphatic rings. The van der Waals surface area contributed by atoms with Crippen molar-refractivity contribution in [2.75, 3.05) is 13.1 Å². The van der Waals surface area contributed by atoms with Crippen molar-refractivity contribution in [1.82, 2.24) is 4.90 Å². The fourth-order valence-corrected chi connectivity index (χ4v) is 2.32. The Morgan fingerprint density at radius 3 is 2.20 bits per heavy atom. The second-order valence-corrected chi connectivity index (χ2v) is 5.44. The van der Waals surface area contributed by atoms with Crippen molar-refractivity contribution in [1.29, 1.82) is 0 Å². The Morgan fingerprint density at radius 1 is 1.20 bits per heavy atom. The van der Waals surface area contributed by atoms with E-state index in [1.54, 1.807) is 4.90 Å². The molecule has 0 saturated carbocycles. The summed E-state index contributed by atoms with van der Waals surface area (Å²) in [5, 5.41) is 28.8. The van der Waals surface area contributed by atoms with Gasteiger partial charge in [-0.1, -0.05) is 26.7 Å². The normalized spacial score (nSPS) is 26.2. The molecular weight excluding hydrogens is 258 g/mol. The average molecular weight is 285 g/mol. The first kappa shape index (κ1) is 17.1. The van der Waals surface area contributed by atoms with Gasteiger partial charge in [-0.15, -0.1) is 0 Å². The Labute approximate surface area is 120 Å². The lowest BCUT2D eigenvalue weighted by atomic mass is 9.91. The van der Waals surface area contributed by atoms with E-state index in [2.05, 4.69) is 13.8 Å². The molecule has 1 aliphatic carbocycles. The Bertz CT molecular complexity index is 335. The number of aliphatic hydroxyl groups is 3. The van der Waals surface area contributed by atoms with Gasteiger partial charge in [-0.2, -0.15) is 0 Å². The molecule has 0 aliphatic heterocycles. The van der Waals surface area contributed by atoms with E-state index in [9.17, 15) is 20.1 Å². The number of unbranched alkanes of at least 4 members (excludes halogenated alkanes) is 2. The summed E-state index contributed by atoms with van der Waals surface area (Å²) >= 11 is 0. The average Bonchev–Trinajstić information content (AvgIpc) is 2.43. The second kappa shape index (κ2) is 8.39. The summed E-state index contributed by atoms with van der Waals surface area (Å²) in [6.07, 6.45) is 1.94. The standard InChI is InChI=1S/C15H27NO4/c1-3-5-7-16(8-6-4-2)15(20)11-9-12(17)14(19)13(18)10-11/h9,12-14,17-19H,3-8,10H2,1-2H3/t12-,13-,14-/m1/s1. The van der Waals surface area contributed by atoms with Gasteiger partial charge in [-0.3, -0.25) is 4.79 Å². The van der Waals surface area contributed by atoms with Crippen LogP contribution >= 0.6 is 0 Å². The van der Waals surface area contributed by atoms with Gasteiger partial charge in [0.1, 0.15) is 12.2 Å². The maximum absolute atomic E-state index is 12.5. The van der Waals surface area contributed by atoms with Crippen LogP contribution in [0.4, 0.5) is 0 Å². The van der Waals surface area contributed by atoms with Crippen LogP contribution in [0.1, 0.15) is 46.0 Å². The Balaban J connectivity index is 2.74. The third kappa shape index (κ3) is 4.58. The number of carbonyl (C=O) groups excluding carboxylic acids is 1. The highest BCUT2D eigenvalue weighted by Gasteiger charge is 2.32. The van der Waals surface area contributed by atoms with Crippen LogP contribution in [0.15, 0.2) is 11.6 Å². The molecule has 0 radical (unpaired) electrons. The lowest BCUT2D eigenvalue weighted by Crippen LogP contribution is -2.43. The van der Waals surface area contributed by atoms with Crippen molar-refractivity contribution in [3.63, 3.8) is 0 Å². The van der Waals surface area contributed by atoms with E-state index in [-0.39, 0.29) is 12.3 Å². The Morgan fingerprint density at radius 2 is 1.75 bits per heavy atom. The van der Waals surface area contributed by atoms with Gasteiger partial charge in [0.25, 0.3) is 0 Å². The van der Waals surface area contributed by atoms with E-state index in [1.165, 1.54) is 6.08 Å². The van der Waals surface area contributed by atoms with E-state index in [0.29, 0.717) is 18.7 Å². The van der Waals surface area contributed by atoms with Crippen LogP contribution in [-0.2, 0) is 4.79 Å². The quantitative estimate of drug-likeness (QED) is 0.647. The highest BCUT2D eigenvalue weighted by atomic mass is 16.4. The smallest absolute Gasteiger partial charge is 0.249 e. The molecule has 0 fully saturated rings.